The summed E-state index contributed by atoms with van der Waals surface area (Å²) in [7, 11) is 0. The van der Waals surface area contributed by atoms with E-state index in [9.17, 15) is 10.1 Å². The Balaban J connectivity index is 1.57. The van der Waals surface area contributed by atoms with E-state index in [1.54, 1.807) is 11.8 Å². The van der Waals surface area contributed by atoms with Crippen LogP contribution in [0.5, 0.6) is 0 Å². The molecule has 0 aliphatic heterocycles. The molecule has 0 aliphatic rings. The largest absolute Gasteiger partial charge is 0.367 e. The van der Waals surface area contributed by atoms with Gasteiger partial charge in [-0.1, -0.05) is 6.07 Å². The zero-order valence-electron chi connectivity index (χ0n) is 16.7. The van der Waals surface area contributed by atoms with Crippen molar-refractivity contribution in [2.75, 3.05) is 30.0 Å². The number of anilines is 2. The first kappa shape index (κ1) is 20.5. The van der Waals surface area contributed by atoms with Crippen LogP contribution in [0, 0.1) is 25.2 Å². The normalized spacial score (nSPS) is 10.4. The molecule has 0 bridgehead atoms. The summed E-state index contributed by atoms with van der Waals surface area (Å²) < 4.78 is 0. The second-order valence-corrected chi connectivity index (χ2v) is 7.56. The number of nitrogens with zero attached hydrogens (tertiary/aromatic N) is 2. The second kappa shape index (κ2) is 9.30. The molecule has 2 aromatic carbocycles. The summed E-state index contributed by atoms with van der Waals surface area (Å²) in [4.78, 5) is 17.8. The van der Waals surface area contributed by atoms with Crippen molar-refractivity contribution in [1.82, 2.24) is 10.3 Å². The van der Waals surface area contributed by atoms with Gasteiger partial charge in [-0.15, -0.1) is 11.8 Å². The molecule has 0 unspecified atom stereocenters. The van der Waals surface area contributed by atoms with Gasteiger partial charge in [0, 0.05) is 29.1 Å². The predicted octanol–water partition coefficient (Wildman–Crippen LogP) is 4.68. The van der Waals surface area contributed by atoms with Crippen LogP contribution in [0.1, 0.15) is 16.7 Å². The number of rotatable bonds is 6. The molecule has 6 nitrogen and oxygen atoms in total. The Kier molecular flexibility index (Phi) is 6.57. The number of hydrogen-bond acceptors (Lipinski definition) is 5. The van der Waals surface area contributed by atoms with E-state index < -0.39 is 0 Å². The van der Waals surface area contributed by atoms with Gasteiger partial charge in [-0.3, -0.25) is 0 Å². The Bertz CT molecular complexity index is 1070. The van der Waals surface area contributed by atoms with Crippen LogP contribution in [0.4, 0.5) is 16.3 Å². The monoisotopic (exact) mass is 405 g/mol. The van der Waals surface area contributed by atoms with Gasteiger partial charge < -0.3 is 16.0 Å². The van der Waals surface area contributed by atoms with E-state index in [1.807, 2.05) is 56.5 Å². The maximum absolute atomic E-state index is 12.0. The van der Waals surface area contributed by atoms with Crippen LogP contribution in [-0.2, 0) is 0 Å². The maximum Gasteiger partial charge on any atom is 0.319 e. The molecular weight excluding hydrogens is 382 g/mol. The van der Waals surface area contributed by atoms with Crippen molar-refractivity contribution >= 4 is 40.2 Å². The fourth-order valence-electron chi connectivity index (χ4n) is 3.06. The Hall–Kier alpha value is -3.24. The summed E-state index contributed by atoms with van der Waals surface area (Å²) in [5.41, 5.74) is 4.30. The number of benzene rings is 2. The molecule has 3 rings (SSSR count). The Morgan fingerprint density at radius 3 is 2.59 bits per heavy atom. The van der Waals surface area contributed by atoms with Gasteiger partial charge in [0.1, 0.15) is 11.9 Å². The number of fused-ring (bicyclic) bond motifs is 1. The molecule has 3 N–H and O–H groups in total. The van der Waals surface area contributed by atoms with Crippen molar-refractivity contribution < 1.29 is 4.79 Å². The van der Waals surface area contributed by atoms with Gasteiger partial charge in [-0.05, 0) is 67.6 Å². The van der Waals surface area contributed by atoms with E-state index in [2.05, 4.69) is 33.1 Å². The van der Waals surface area contributed by atoms with Crippen LogP contribution in [0.25, 0.3) is 10.9 Å². The van der Waals surface area contributed by atoms with E-state index in [-0.39, 0.29) is 6.03 Å². The fourth-order valence-corrected chi connectivity index (χ4v) is 3.46. The summed E-state index contributed by atoms with van der Waals surface area (Å²) in [5.74, 6) is 0.528. The van der Waals surface area contributed by atoms with Crippen molar-refractivity contribution in [2.45, 2.75) is 18.7 Å². The summed E-state index contributed by atoms with van der Waals surface area (Å²) in [6.45, 7) is 4.89. The van der Waals surface area contributed by atoms with E-state index in [1.165, 1.54) is 0 Å². The van der Waals surface area contributed by atoms with E-state index in [0.717, 1.165) is 32.6 Å². The van der Waals surface area contributed by atoms with E-state index >= 15 is 0 Å². The molecule has 3 aromatic rings. The number of carbonyl (C=O) groups is 1. The molecule has 1 heterocycles. The van der Waals surface area contributed by atoms with Crippen molar-refractivity contribution in [2.24, 2.45) is 0 Å². The lowest BCUT2D eigenvalue weighted by atomic mass is 10.0. The van der Waals surface area contributed by atoms with Crippen molar-refractivity contribution in [3.05, 3.63) is 59.2 Å². The van der Waals surface area contributed by atoms with Crippen LogP contribution in [-0.4, -0.2) is 30.4 Å². The smallest absolute Gasteiger partial charge is 0.319 e. The van der Waals surface area contributed by atoms with Gasteiger partial charge in [0.2, 0.25) is 0 Å². The highest BCUT2D eigenvalue weighted by Gasteiger charge is 2.09. The topological polar surface area (TPSA) is 89.8 Å². The number of thioether (sulfide) groups is 1. The second-order valence-electron chi connectivity index (χ2n) is 6.68. The number of hydrogen-bond donors (Lipinski definition) is 3. The molecular formula is C22H23N5OS. The third-order valence-electron chi connectivity index (χ3n) is 4.46. The molecule has 0 radical (unpaired) electrons. The van der Waals surface area contributed by atoms with Crippen LogP contribution in [0.15, 0.2) is 47.4 Å². The molecule has 0 saturated heterocycles. The molecule has 7 heteroatoms. The summed E-state index contributed by atoms with van der Waals surface area (Å²) in [6.07, 6.45) is 2.01. The average molecular weight is 406 g/mol. The van der Waals surface area contributed by atoms with Gasteiger partial charge >= 0.3 is 6.03 Å². The van der Waals surface area contributed by atoms with Crippen LogP contribution in [0.2, 0.25) is 0 Å². The quantitative estimate of drug-likeness (QED) is 0.409. The molecule has 148 valence electrons. The number of amides is 2. The van der Waals surface area contributed by atoms with Gasteiger partial charge in [0.05, 0.1) is 11.1 Å². The zero-order chi connectivity index (χ0) is 20.8. The molecule has 1 aromatic heterocycles. The van der Waals surface area contributed by atoms with Crippen LogP contribution in [0.3, 0.4) is 0 Å². The third kappa shape index (κ3) is 5.18. The maximum atomic E-state index is 12.0. The van der Waals surface area contributed by atoms with Crippen LogP contribution < -0.4 is 16.0 Å². The SMILES string of the molecule is CSc1ccc(NC(=O)NCCNc2nc3cc(C)cc(C)c3cc2C#N)cc1. The van der Waals surface area contributed by atoms with E-state index in [4.69, 9.17) is 0 Å². The number of aromatic nitrogens is 1. The van der Waals surface area contributed by atoms with E-state index in [0.29, 0.717) is 24.5 Å². The minimum Gasteiger partial charge on any atom is -0.367 e. The Labute approximate surface area is 174 Å². The number of nitrogens with one attached hydrogen (secondary N) is 3. The van der Waals surface area contributed by atoms with Crippen molar-refractivity contribution in [1.29, 1.82) is 5.26 Å². The van der Waals surface area contributed by atoms with Gasteiger partial charge in [-0.2, -0.15) is 5.26 Å². The molecule has 0 aliphatic carbocycles. The number of nitriles is 1. The van der Waals surface area contributed by atoms with Crippen LogP contribution >= 0.6 is 11.8 Å². The first-order chi connectivity index (χ1) is 14.0. The summed E-state index contributed by atoms with van der Waals surface area (Å²) in [6, 6.07) is 15.5. The zero-order valence-corrected chi connectivity index (χ0v) is 17.5. The molecule has 0 spiro atoms. The van der Waals surface area contributed by atoms with Crippen molar-refractivity contribution in [3.63, 3.8) is 0 Å². The molecule has 0 saturated carbocycles. The minimum atomic E-state index is -0.276. The van der Waals surface area contributed by atoms with Crippen molar-refractivity contribution in [3.8, 4) is 6.07 Å². The molecule has 29 heavy (non-hydrogen) atoms. The minimum absolute atomic E-state index is 0.276. The molecule has 0 fully saturated rings. The molecule has 0 atom stereocenters. The standard InChI is InChI=1S/C22H23N5OS/c1-14-10-15(2)19-12-16(13-23)21(27-20(19)11-14)24-8-9-25-22(28)26-17-4-6-18(29-3)7-5-17/h4-7,10-12H,8-9H2,1-3H3,(H,24,27)(H2,25,26,28). The average Bonchev–Trinajstić information content (AvgIpc) is 2.71. The predicted molar refractivity (Wildman–Crippen MR) is 120 cm³/mol. The number of aryl methyl sites for hydroxylation is 2. The summed E-state index contributed by atoms with van der Waals surface area (Å²) >= 11 is 1.65. The number of urea groups is 1. The van der Waals surface area contributed by atoms with Gasteiger partial charge in [0.15, 0.2) is 0 Å². The molecule has 2 amide bonds. The third-order valence-corrected chi connectivity index (χ3v) is 5.20. The Morgan fingerprint density at radius 1 is 1.14 bits per heavy atom. The fraction of sp³-hybridized carbons (Fsp3) is 0.227. The first-order valence-electron chi connectivity index (χ1n) is 9.25. The highest BCUT2D eigenvalue weighted by Crippen LogP contribution is 2.24. The first-order valence-corrected chi connectivity index (χ1v) is 10.5. The number of pyridine rings is 1. The number of carbonyl (C=O) groups excluding carboxylic acids is 1. The highest BCUT2D eigenvalue weighted by atomic mass is 32.2. The summed E-state index contributed by atoms with van der Waals surface area (Å²) in [5, 5.41) is 19.2. The lowest BCUT2D eigenvalue weighted by molar-refractivity contribution is 0.252. The Morgan fingerprint density at radius 2 is 1.90 bits per heavy atom. The van der Waals surface area contributed by atoms with Gasteiger partial charge in [0.25, 0.3) is 0 Å². The lowest BCUT2D eigenvalue weighted by Crippen LogP contribution is -2.32. The lowest BCUT2D eigenvalue weighted by Gasteiger charge is -2.12. The highest BCUT2D eigenvalue weighted by molar-refractivity contribution is 7.98. The van der Waals surface area contributed by atoms with Gasteiger partial charge in [-0.25, -0.2) is 9.78 Å².